The molecular formula is C18H26N6S. The Morgan fingerprint density at radius 3 is 2.76 bits per heavy atom. The van der Waals surface area contributed by atoms with Crippen LogP contribution >= 0.6 is 11.8 Å². The molecule has 25 heavy (non-hydrogen) atoms. The van der Waals surface area contributed by atoms with E-state index in [0.29, 0.717) is 0 Å². The lowest BCUT2D eigenvalue weighted by atomic mass is 10.2. The summed E-state index contributed by atoms with van der Waals surface area (Å²) in [4.78, 5) is 14.2. The van der Waals surface area contributed by atoms with Crippen LogP contribution in [0.2, 0.25) is 0 Å². The van der Waals surface area contributed by atoms with Crippen LogP contribution in [0.4, 0.5) is 5.82 Å². The highest BCUT2D eigenvalue weighted by Crippen LogP contribution is 2.25. The molecule has 6 nitrogen and oxygen atoms in total. The van der Waals surface area contributed by atoms with Crippen LogP contribution in [-0.4, -0.2) is 57.5 Å². The lowest BCUT2D eigenvalue weighted by Gasteiger charge is -2.35. The molecule has 134 valence electrons. The van der Waals surface area contributed by atoms with Gasteiger partial charge in [-0.25, -0.2) is 9.97 Å². The number of nitrogens with zero attached hydrogens (tertiary/aromatic N) is 5. The zero-order valence-corrected chi connectivity index (χ0v) is 15.9. The van der Waals surface area contributed by atoms with Gasteiger partial charge < -0.3 is 4.90 Å². The molecule has 1 N–H and O–H groups in total. The monoisotopic (exact) mass is 358 g/mol. The first kappa shape index (κ1) is 16.8. The van der Waals surface area contributed by atoms with Crippen LogP contribution in [0, 0.1) is 0 Å². The summed E-state index contributed by atoms with van der Waals surface area (Å²) in [5, 5.41) is 8.66. The van der Waals surface area contributed by atoms with Gasteiger partial charge in [-0.15, -0.1) is 0 Å². The van der Waals surface area contributed by atoms with E-state index < -0.39 is 0 Å². The minimum atomic E-state index is 0.879. The van der Waals surface area contributed by atoms with Crippen molar-refractivity contribution in [1.82, 2.24) is 25.1 Å². The highest BCUT2D eigenvalue weighted by atomic mass is 32.2. The van der Waals surface area contributed by atoms with Gasteiger partial charge >= 0.3 is 0 Å². The summed E-state index contributed by atoms with van der Waals surface area (Å²) in [5.74, 6) is 1.08. The molecule has 1 fully saturated rings. The smallest absolute Gasteiger partial charge is 0.189 e. The Bertz CT molecular complexity index is 713. The third-order valence-electron chi connectivity index (χ3n) is 5.25. The molecule has 0 amide bonds. The summed E-state index contributed by atoms with van der Waals surface area (Å²) in [7, 11) is 0. The molecule has 2 aromatic heterocycles. The van der Waals surface area contributed by atoms with Gasteiger partial charge in [0.2, 0.25) is 0 Å². The quantitative estimate of drug-likeness (QED) is 0.654. The maximum Gasteiger partial charge on any atom is 0.189 e. The number of H-pyrrole nitrogens is 1. The number of aryl methyl sites for hydroxylation is 2. The van der Waals surface area contributed by atoms with E-state index in [1.807, 2.05) is 6.26 Å². The lowest BCUT2D eigenvalue weighted by molar-refractivity contribution is 0.245. The molecule has 0 aromatic carbocycles. The van der Waals surface area contributed by atoms with Crippen molar-refractivity contribution in [2.75, 3.05) is 37.3 Å². The van der Waals surface area contributed by atoms with Crippen molar-refractivity contribution < 1.29 is 0 Å². The van der Waals surface area contributed by atoms with E-state index in [1.54, 1.807) is 11.8 Å². The molecule has 0 spiro atoms. The highest BCUT2D eigenvalue weighted by molar-refractivity contribution is 7.98. The number of rotatable bonds is 5. The SMILES string of the molecule is CCc1cc(N2CCN(Cc3n[nH]c4c3CCC4)CC2)nc(SC)n1. The molecule has 1 aliphatic heterocycles. The first-order valence-corrected chi connectivity index (χ1v) is 10.4. The highest BCUT2D eigenvalue weighted by Gasteiger charge is 2.23. The Morgan fingerprint density at radius 1 is 1.16 bits per heavy atom. The minimum absolute atomic E-state index is 0.879. The summed E-state index contributed by atoms with van der Waals surface area (Å²) in [5.41, 5.74) is 5.24. The number of fused-ring (bicyclic) bond motifs is 1. The number of hydrogen-bond acceptors (Lipinski definition) is 6. The molecule has 0 bridgehead atoms. The Morgan fingerprint density at radius 2 is 2.00 bits per heavy atom. The zero-order chi connectivity index (χ0) is 17.2. The fraction of sp³-hybridized carbons (Fsp3) is 0.611. The normalized spacial score (nSPS) is 17.9. The summed E-state index contributed by atoms with van der Waals surface area (Å²) >= 11 is 1.62. The van der Waals surface area contributed by atoms with Gasteiger partial charge in [0.05, 0.1) is 5.69 Å². The van der Waals surface area contributed by atoms with Crippen LogP contribution in [-0.2, 0) is 25.8 Å². The minimum Gasteiger partial charge on any atom is -0.354 e. The van der Waals surface area contributed by atoms with Gasteiger partial charge in [0, 0.05) is 50.2 Å². The van der Waals surface area contributed by atoms with Crippen LogP contribution in [0.1, 0.15) is 36.0 Å². The van der Waals surface area contributed by atoms with Crippen LogP contribution in [0.3, 0.4) is 0 Å². The average molecular weight is 359 g/mol. The van der Waals surface area contributed by atoms with Gasteiger partial charge in [-0.2, -0.15) is 5.10 Å². The first-order valence-electron chi connectivity index (χ1n) is 9.21. The number of aromatic amines is 1. The van der Waals surface area contributed by atoms with Crippen molar-refractivity contribution in [3.63, 3.8) is 0 Å². The zero-order valence-electron chi connectivity index (χ0n) is 15.1. The van der Waals surface area contributed by atoms with Crippen molar-refractivity contribution >= 4 is 17.6 Å². The molecule has 7 heteroatoms. The van der Waals surface area contributed by atoms with Crippen molar-refractivity contribution in [3.05, 3.63) is 28.7 Å². The standard InChI is InChI=1S/C18H26N6S/c1-3-13-11-17(20-18(19-13)25-2)24-9-7-23(8-10-24)12-16-14-5-4-6-15(14)21-22-16/h11H,3-10,12H2,1-2H3,(H,21,22). The second-order valence-electron chi connectivity index (χ2n) is 6.80. The second kappa shape index (κ2) is 7.33. The lowest BCUT2D eigenvalue weighted by Crippen LogP contribution is -2.46. The number of hydrogen-bond donors (Lipinski definition) is 1. The van der Waals surface area contributed by atoms with Crippen molar-refractivity contribution in [1.29, 1.82) is 0 Å². The number of anilines is 1. The number of thioether (sulfide) groups is 1. The third-order valence-corrected chi connectivity index (χ3v) is 5.80. The van der Waals surface area contributed by atoms with Gasteiger partial charge in [0.25, 0.3) is 0 Å². The fourth-order valence-corrected chi connectivity index (χ4v) is 4.15. The molecule has 0 atom stereocenters. The Kier molecular flexibility index (Phi) is 4.94. The van der Waals surface area contributed by atoms with E-state index in [1.165, 1.54) is 36.2 Å². The predicted octanol–water partition coefficient (Wildman–Crippen LogP) is 2.29. The third kappa shape index (κ3) is 3.53. The molecule has 4 rings (SSSR count). The topological polar surface area (TPSA) is 60.9 Å². The molecule has 0 radical (unpaired) electrons. The number of aromatic nitrogens is 4. The first-order chi connectivity index (χ1) is 12.3. The average Bonchev–Trinajstić information content (AvgIpc) is 3.27. The summed E-state index contributed by atoms with van der Waals surface area (Å²) in [6, 6.07) is 2.15. The van der Waals surface area contributed by atoms with Crippen molar-refractivity contribution in [2.45, 2.75) is 44.3 Å². The largest absolute Gasteiger partial charge is 0.354 e. The molecule has 3 heterocycles. The summed E-state index contributed by atoms with van der Waals surface area (Å²) in [6.45, 7) is 7.26. The van der Waals surface area contributed by atoms with Crippen LogP contribution in [0.5, 0.6) is 0 Å². The Labute approximate surface area is 153 Å². The van der Waals surface area contributed by atoms with E-state index in [9.17, 15) is 0 Å². The Balaban J connectivity index is 1.39. The van der Waals surface area contributed by atoms with Crippen LogP contribution in [0.25, 0.3) is 0 Å². The molecule has 0 unspecified atom stereocenters. The molecule has 2 aliphatic rings. The summed E-state index contributed by atoms with van der Waals surface area (Å²) < 4.78 is 0. The van der Waals surface area contributed by atoms with E-state index in [2.05, 4.69) is 38.0 Å². The van der Waals surface area contributed by atoms with Gasteiger partial charge in [0.15, 0.2) is 5.16 Å². The van der Waals surface area contributed by atoms with Crippen LogP contribution < -0.4 is 4.90 Å². The molecular weight excluding hydrogens is 332 g/mol. The maximum absolute atomic E-state index is 4.71. The van der Waals surface area contributed by atoms with E-state index in [4.69, 9.17) is 4.98 Å². The molecule has 0 saturated carbocycles. The molecule has 1 saturated heterocycles. The van der Waals surface area contributed by atoms with Gasteiger partial charge in [-0.3, -0.25) is 10.00 Å². The van der Waals surface area contributed by atoms with Crippen molar-refractivity contribution in [2.24, 2.45) is 0 Å². The van der Waals surface area contributed by atoms with Gasteiger partial charge in [0.1, 0.15) is 5.82 Å². The van der Waals surface area contributed by atoms with E-state index in [0.717, 1.165) is 55.8 Å². The second-order valence-corrected chi connectivity index (χ2v) is 7.58. The number of nitrogens with one attached hydrogen (secondary N) is 1. The Hall–Kier alpha value is -1.60. The van der Waals surface area contributed by atoms with Gasteiger partial charge in [-0.05, 0) is 37.5 Å². The summed E-state index contributed by atoms with van der Waals surface area (Å²) in [6.07, 6.45) is 6.63. The molecule has 1 aliphatic carbocycles. The molecule has 2 aromatic rings. The van der Waals surface area contributed by atoms with Gasteiger partial charge in [-0.1, -0.05) is 18.7 Å². The van der Waals surface area contributed by atoms with E-state index in [-0.39, 0.29) is 0 Å². The van der Waals surface area contributed by atoms with Crippen LogP contribution in [0.15, 0.2) is 11.2 Å². The number of piperazine rings is 1. The van der Waals surface area contributed by atoms with E-state index >= 15 is 0 Å². The maximum atomic E-state index is 4.71. The predicted molar refractivity (Wildman–Crippen MR) is 101 cm³/mol. The van der Waals surface area contributed by atoms with Crippen molar-refractivity contribution in [3.8, 4) is 0 Å². The fourth-order valence-electron chi connectivity index (χ4n) is 3.76.